The summed E-state index contributed by atoms with van der Waals surface area (Å²) in [5.74, 6) is 0.271. The molecule has 1 saturated heterocycles. The molecular weight excluding hydrogens is 246 g/mol. The zero-order valence-corrected chi connectivity index (χ0v) is 11.3. The largest absolute Gasteiger partial charge is 0.475 e. The van der Waals surface area contributed by atoms with Crippen LogP contribution in [0.5, 0.6) is 0 Å². The number of aliphatic hydroxyl groups is 1. The van der Waals surface area contributed by atoms with Crippen LogP contribution in [-0.4, -0.2) is 40.8 Å². The number of hydrogen-bond acceptors (Lipinski definition) is 4. The van der Waals surface area contributed by atoms with Gasteiger partial charge >= 0.3 is 5.97 Å². The van der Waals surface area contributed by atoms with E-state index in [1.54, 1.807) is 13.0 Å². The first-order chi connectivity index (χ1) is 9.10. The first-order valence-corrected chi connectivity index (χ1v) is 6.76. The number of carboxylic acids is 1. The van der Waals surface area contributed by atoms with Crippen molar-refractivity contribution in [2.75, 3.05) is 19.7 Å². The van der Waals surface area contributed by atoms with E-state index in [-0.39, 0.29) is 12.4 Å². The molecule has 19 heavy (non-hydrogen) atoms. The number of aliphatic hydroxyl groups excluding tert-OH is 1. The van der Waals surface area contributed by atoms with Crippen molar-refractivity contribution in [2.45, 2.75) is 32.7 Å². The van der Waals surface area contributed by atoms with Gasteiger partial charge in [0.25, 0.3) is 0 Å². The van der Waals surface area contributed by atoms with Gasteiger partial charge in [0.15, 0.2) is 0 Å². The first-order valence-electron chi connectivity index (χ1n) is 6.76. The van der Waals surface area contributed by atoms with E-state index in [0.29, 0.717) is 23.8 Å². The summed E-state index contributed by atoms with van der Waals surface area (Å²) in [7, 11) is 0. The van der Waals surface area contributed by atoms with Crippen molar-refractivity contribution in [1.29, 1.82) is 0 Å². The van der Waals surface area contributed by atoms with Crippen LogP contribution in [0.15, 0.2) is 10.5 Å². The van der Waals surface area contributed by atoms with E-state index in [1.807, 2.05) is 0 Å². The lowest BCUT2D eigenvalue weighted by Crippen LogP contribution is -2.35. The predicted molar refractivity (Wildman–Crippen MR) is 70.1 cm³/mol. The Morgan fingerprint density at radius 2 is 2.37 bits per heavy atom. The van der Waals surface area contributed by atoms with Gasteiger partial charge < -0.3 is 14.6 Å². The number of nitrogens with zero attached hydrogens (tertiary/aromatic N) is 1. The number of furan rings is 1. The average Bonchev–Trinajstić information content (AvgIpc) is 2.71. The van der Waals surface area contributed by atoms with E-state index in [2.05, 4.69) is 4.90 Å². The molecule has 1 aliphatic heterocycles. The van der Waals surface area contributed by atoms with Crippen LogP contribution in [0.25, 0.3) is 0 Å². The quantitative estimate of drug-likeness (QED) is 0.852. The number of likely N-dealkylation sites (tertiary alicyclic amines) is 1. The van der Waals surface area contributed by atoms with Gasteiger partial charge in [0.1, 0.15) is 5.76 Å². The molecule has 5 nitrogen and oxygen atoms in total. The number of carboxylic acid groups (broad SMARTS) is 1. The average molecular weight is 267 g/mol. The molecule has 1 aromatic heterocycles. The standard InChI is InChI=1S/C14H21NO4/c1-10-7-12(19-13(10)14(17)18)9-15-5-2-3-11(8-15)4-6-16/h7,11,16H,2-6,8-9H2,1H3,(H,17,18). The van der Waals surface area contributed by atoms with Crippen LogP contribution in [0.3, 0.4) is 0 Å². The second kappa shape index (κ2) is 6.21. The van der Waals surface area contributed by atoms with Crippen molar-refractivity contribution in [3.05, 3.63) is 23.2 Å². The molecule has 106 valence electrons. The second-order valence-electron chi connectivity index (χ2n) is 5.29. The lowest BCUT2D eigenvalue weighted by molar-refractivity contribution is 0.0655. The number of carbonyl (C=O) groups is 1. The Kier molecular flexibility index (Phi) is 4.61. The minimum atomic E-state index is -1.01. The Bertz CT molecular complexity index is 439. The molecule has 1 atom stereocenters. The second-order valence-corrected chi connectivity index (χ2v) is 5.29. The molecule has 1 aromatic rings. The monoisotopic (exact) mass is 267 g/mol. The van der Waals surface area contributed by atoms with E-state index in [1.165, 1.54) is 0 Å². The van der Waals surface area contributed by atoms with Crippen LogP contribution >= 0.6 is 0 Å². The Labute approximate surface area is 112 Å². The summed E-state index contributed by atoms with van der Waals surface area (Å²) < 4.78 is 5.38. The summed E-state index contributed by atoms with van der Waals surface area (Å²) >= 11 is 0. The molecule has 0 bridgehead atoms. The molecule has 1 unspecified atom stereocenters. The topological polar surface area (TPSA) is 73.9 Å². The number of aryl methyl sites for hydroxylation is 1. The SMILES string of the molecule is Cc1cc(CN2CCCC(CCO)C2)oc1C(=O)O. The van der Waals surface area contributed by atoms with Crippen LogP contribution in [0.4, 0.5) is 0 Å². The maximum Gasteiger partial charge on any atom is 0.372 e. The summed E-state index contributed by atoms with van der Waals surface area (Å²) in [6, 6.07) is 1.80. The van der Waals surface area contributed by atoms with E-state index >= 15 is 0 Å². The summed E-state index contributed by atoms with van der Waals surface area (Å²) in [6.07, 6.45) is 3.12. The molecule has 2 N–H and O–H groups in total. The summed E-state index contributed by atoms with van der Waals surface area (Å²) in [4.78, 5) is 13.2. The molecule has 0 saturated carbocycles. The number of aromatic carboxylic acids is 1. The van der Waals surface area contributed by atoms with Crippen LogP contribution < -0.4 is 0 Å². The molecular formula is C14H21NO4. The molecule has 2 heterocycles. The Morgan fingerprint density at radius 3 is 3.00 bits per heavy atom. The maximum absolute atomic E-state index is 10.9. The van der Waals surface area contributed by atoms with Gasteiger partial charge in [0.2, 0.25) is 5.76 Å². The van der Waals surface area contributed by atoms with Gasteiger partial charge in [-0.05, 0) is 44.7 Å². The fraction of sp³-hybridized carbons (Fsp3) is 0.643. The van der Waals surface area contributed by atoms with Crippen molar-refractivity contribution in [1.82, 2.24) is 4.90 Å². The number of hydrogen-bond donors (Lipinski definition) is 2. The molecule has 1 fully saturated rings. The van der Waals surface area contributed by atoms with Crippen LogP contribution in [0, 0.1) is 12.8 Å². The highest BCUT2D eigenvalue weighted by Gasteiger charge is 2.21. The summed E-state index contributed by atoms with van der Waals surface area (Å²) in [5.41, 5.74) is 0.673. The third kappa shape index (κ3) is 3.58. The van der Waals surface area contributed by atoms with Crippen molar-refractivity contribution in [3.63, 3.8) is 0 Å². The highest BCUT2D eigenvalue weighted by atomic mass is 16.4. The van der Waals surface area contributed by atoms with Crippen molar-refractivity contribution >= 4 is 5.97 Å². The van der Waals surface area contributed by atoms with Crippen LogP contribution in [0.1, 0.15) is 41.1 Å². The highest BCUT2D eigenvalue weighted by Crippen LogP contribution is 2.22. The van der Waals surface area contributed by atoms with E-state index in [0.717, 1.165) is 32.4 Å². The Hall–Kier alpha value is -1.33. The van der Waals surface area contributed by atoms with Crippen LogP contribution in [0.2, 0.25) is 0 Å². The minimum absolute atomic E-state index is 0.0407. The normalized spacial score (nSPS) is 20.6. The minimum Gasteiger partial charge on any atom is -0.475 e. The lowest BCUT2D eigenvalue weighted by atomic mass is 9.95. The van der Waals surface area contributed by atoms with Gasteiger partial charge in [0, 0.05) is 18.7 Å². The maximum atomic E-state index is 10.9. The fourth-order valence-corrected chi connectivity index (χ4v) is 2.77. The number of piperidine rings is 1. The molecule has 2 rings (SSSR count). The molecule has 1 aliphatic rings. The molecule has 0 radical (unpaired) electrons. The Balaban J connectivity index is 1.97. The highest BCUT2D eigenvalue weighted by molar-refractivity contribution is 5.86. The van der Waals surface area contributed by atoms with Gasteiger partial charge in [-0.3, -0.25) is 4.90 Å². The molecule has 0 spiro atoms. The Morgan fingerprint density at radius 1 is 1.58 bits per heavy atom. The zero-order valence-electron chi connectivity index (χ0n) is 11.3. The van der Waals surface area contributed by atoms with E-state index < -0.39 is 5.97 Å². The molecule has 0 aliphatic carbocycles. The van der Waals surface area contributed by atoms with Gasteiger partial charge in [-0.1, -0.05) is 0 Å². The third-order valence-corrected chi connectivity index (χ3v) is 3.68. The van der Waals surface area contributed by atoms with Gasteiger partial charge in [0.05, 0.1) is 6.54 Å². The van der Waals surface area contributed by atoms with Gasteiger partial charge in [-0.2, -0.15) is 0 Å². The first kappa shape index (κ1) is 14.1. The van der Waals surface area contributed by atoms with Crippen molar-refractivity contribution < 1.29 is 19.4 Å². The van der Waals surface area contributed by atoms with Crippen molar-refractivity contribution in [3.8, 4) is 0 Å². The summed E-state index contributed by atoms with van der Waals surface area (Å²) in [6.45, 7) is 4.59. The summed E-state index contributed by atoms with van der Waals surface area (Å²) in [5, 5.41) is 18.0. The van der Waals surface area contributed by atoms with E-state index in [4.69, 9.17) is 14.6 Å². The molecule has 5 heteroatoms. The number of rotatable bonds is 5. The van der Waals surface area contributed by atoms with Gasteiger partial charge in [-0.25, -0.2) is 4.79 Å². The third-order valence-electron chi connectivity index (χ3n) is 3.68. The predicted octanol–water partition coefficient (Wildman–Crippen LogP) is 1.88. The van der Waals surface area contributed by atoms with Gasteiger partial charge in [-0.15, -0.1) is 0 Å². The lowest BCUT2D eigenvalue weighted by Gasteiger charge is -2.31. The fourth-order valence-electron chi connectivity index (χ4n) is 2.77. The molecule has 0 aromatic carbocycles. The van der Waals surface area contributed by atoms with Crippen molar-refractivity contribution in [2.24, 2.45) is 5.92 Å². The van der Waals surface area contributed by atoms with E-state index in [9.17, 15) is 4.79 Å². The zero-order chi connectivity index (χ0) is 13.8. The van der Waals surface area contributed by atoms with Crippen LogP contribution in [-0.2, 0) is 6.54 Å². The molecule has 0 amide bonds. The smallest absolute Gasteiger partial charge is 0.372 e.